The smallest absolute Gasteiger partial charge is 0.307 e. The van der Waals surface area contributed by atoms with Gasteiger partial charge in [-0.2, -0.15) is 4.98 Å². The van der Waals surface area contributed by atoms with Crippen LogP contribution in [0.4, 0.5) is 0 Å². The number of hydrogen-bond donors (Lipinski definition) is 1. The van der Waals surface area contributed by atoms with Crippen molar-refractivity contribution in [3.63, 3.8) is 0 Å². The Hall–Kier alpha value is -1.76. The largest absolute Gasteiger partial charge is 0.427 e. The molecule has 0 spiro atoms. The van der Waals surface area contributed by atoms with Gasteiger partial charge in [0, 0.05) is 41.7 Å². The van der Waals surface area contributed by atoms with Crippen LogP contribution < -0.4 is 5.32 Å². The Morgan fingerprint density at radius 1 is 1.36 bits per heavy atom. The van der Waals surface area contributed by atoms with E-state index in [0.29, 0.717) is 16.4 Å². The lowest BCUT2D eigenvalue weighted by Crippen LogP contribution is -2.19. The fourth-order valence-electron chi connectivity index (χ4n) is 2.95. The number of hydrogen-bond acceptors (Lipinski definition) is 5. The molecule has 5 nitrogen and oxygen atoms in total. The number of aromatic nitrogens is 3. The van der Waals surface area contributed by atoms with E-state index in [2.05, 4.69) is 10.3 Å². The first kappa shape index (κ1) is 16.7. The predicted molar refractivity (Wildman–Crippen MR) is 101 cm³/mol. The van der Waals surface area contributed by atoms with Crippen molar-refractivity contribution >= 4 is 23.4 Å². The number of oxazole rings is 1. The minimum atomic E-state index is 0.488. The van der Waals surface area contributed by atoms with Crippen molar-refractivity contribution in [3.05, 3.63) is 53.3 Å². The Morgan fingerprint density at radius 2 is 2.20 bits per heavy atom. The molecule has 3 heterocycles. The molecule has 130 valence electrons. The Bertz CT molecular complexity index is 852. The summed E-state index contributed by atoms with van der Waals surface area (Å²) < 4.78 is 7.99. The van der Waals surface area contributed by atoms with Crippen molar-refractivity contribution in [3.8, 4) is 17.3 Å². The van der Waals surface area contributed by atoms with Gasteiger partial charge < -0.3 is 9.73 Å². The molecule has 7 heteroatoms. The first-order chi connectivity index (χ1) is 12.2. The molecule has 1 saturated heterocycles. The summed E-state index contributed by atoms with van der Waals surface area (Å²) in [5, 5.41) is 4.71. The summed E-state index contributed by atoms with van der Waals surface area (Å²) in [7, 11) is 0. The Morgan fingerprint density at radius 3 is 2.88 bits per heavy atom. The van der Waals surface area contributed by atoms with Crippen LogP contribution in [0.2, 0.25) is 5.02 Å². The number of benzene rings is 1. The summed E-state index contributed by atoms with van der Waals surface area (Å²) >= 11 is 7.99. The minimum absolute atomic E-state index is 0.488. The molecule has 25 heavy (non-hydrogen) atoms. The SMILES string of the molecule is Cc1nccn1-c1nc(-c2ccc(Cl)cc2)c(CCC2NCCS2)o1. The van der Waals surface area contributed by atoms with Crippen molar-refractivity contribution in [2.75, 3.05) is 12.3 Å². The minimum Gasteiger partial charge on any atom is -0.427 e. The summed E-state index contributed by atoms with van der Waals surface area (Å²) in [4.78, 5) is 9.00. The summed E-state index contributed by atoms with van der Waals surface area (Å²) in [5.41, 5.74) is 1.89. The maximum atomic E-state index is 6.13. The first-order valence-corrected chi connectivity index (χ1v) is 9.74. The van der Waals surface area contributed by atoms with Gasteiger partial charge in [0.05, 0.1) is 5.37 Å². The topological polar surface area (TPSA) is 55.9 Å². The number of aryl methyl sites for hydroxylation is 2. The lowest BCUT2D eigenvalue weighted by Gasteiger charge is -2.08. The highest BCUT2D eigenvalue weighted by atomic mass is 35.5. The van der Waals surface area contributed by atoms with Crippen molar-refractivity contribution in [1.82, 2.24) is 19.9 Å². The van der Waals surface area contributed by atoms with Crippen LogP contribution in [0.25, 0.3) is 17.3 Å². The van der Waals surface area contributed by atoms with Crippen LogP contribution >= 0.6 is 23.4 Å². The third-order valence-corrected chi connectivity index (χ3v) is 5.76. The number of imidazole rings is 1. The van der Waals surface area contributed by atoms with E-state index in [1.807, 2.05) is 53.7 Å². The number of nitrogens with one attached hydrogen (secondary N) is 1. The van der Waals surface area contributed by atoms with Gasteiger partial charge in [-0.1, -0.05) is 23.7 Å². The molecule has 1 atom stereocenters. The average molecular weight is 375 g/mol. The van der Waals surface area contributed by atoms with Crippen molar-refractivity contribution < 1.29 is 4.42 Å². The second-order valence-corrected chi connectivity index (χ2v) is 7.72. The van der Waals surface area contributed by atoms with Crippen LogP contribution in [0, 0.1) is 6.92 Å². The molecule has 1 unspecified atom stereocenters. The number of nitrogens with zero attached hydrogens (tertiary/aromatic N) is 3. The fourth-order valence-corrected chi connectivity index (χ4v) is 4.12. The fraction of sp³-hybridized carbons (Fsp3) is 0.333. The Labute approximate surface area is 155 Å². The van der Waals surface area contributed by atoms with Crippen molar-refractivity contribution in [2.45, 2.75) is 25.1 Å². The molecule has 0 bridgehead atoms. The van der Waals surface area contributed by atoms with Crippen LogP contribution in [0.5, 0.6) is 0 Å². The summed E-state index contributed by atoms with van der Waals surface area (Å²) in [6, 6.07) is 8.28. The van der Waals surface area contributed by atoms with E-state index in [-0.39, 0.29) is 0 Å². The predicted octanol–water partition coefficient (Wildman–Crippen LogP) is 4.08. The van der Waals surface area contributed by atoms with Gasteiger partial charge in [-0.05, 0) is 25.5 Å². The molecule has 0 saturated carbocycles. The van der Waals surface area contributed by atoms with E-state index in [0.717, 1.165) is 42.2 Å². The third kappa shape index (κ3) is 3.61. The summed E-state index contributed by atoms with van der Waals surface area (Å²) in [6.07, 6.45) is 5.47. The zero-order valence-corrected chi connectivity index (χ0v) is 15.5. The van der Waals surface area contributed by atoms with Crippen LogP contribution in [0.15, 0.2) is 41.1 Å². The molecule has 1 aromatic carbocycles. The van der Waals surface area contributed by atoms with Crippen LogP contribution in [-0.4, -0.2) is 32.2 Å². The standard InChI is InChI=1S/C18H19ClN4OS/c1-12-20-8-10-23(12)18-22-17(13-2-4-14(19)5-3-13)15(24-18)6-7-16-21-9-11-25-16/h2-5,8,10,16,21H,6-7,9,11H2,1H3. The van der Waals surface area contributed by atoms with Gasteiger partial charge in [0.25, 0.3) is 0 Å². The molecular weight excluding hydrogens is 356 g/mol. The van der Waals surface area contributed by atoms with E-state index in [1.165, 1.54) is 5.75 Å². The van der Waals surface area contributed by atoms with Crippen LogP contribution in [0.1, 0.15) is 18.0 Å². The molecular formula is C18H19ClN4OS. The monoisotopic (exact) mass is 374 g/mol. The molecule has 2 aromatic heterocycles. The maximum Gasteiger partial charge on any atom is 0.307 e. The number of halogens is 1. The molecule has 3 aromatic rings. The molecule has 1 aliphatic rings. The zero-order chi connectivity index (χ0) is 17.2. The van der Waals surface area contributed by atoms with E-state index < -0.39 is 0 Å². The second kappa shape index (κ2) is 7.23. The van der Waals surface area contributed by atoms with Gasteiger partial charge in [-0.3, -0.25) is 4.57 Å². The van der Waals surface area contributed by atoms with Crippen LogP contribution in [0.3, 0.4) is 0 Å². The van der Waals surface area contributed by atoms with Gasteiger partial charge in [0.1, 0.15) is 17.3 Å². The normalized spacial score (nSPS) is 17.3. The third-order valence-electron chi connectivity index (χ3n) is 4.26. The highest BCUT2D eigenvalue weighted by molar-refractivity contribution is 8.00. The van der Waals surface area contributed by atoms with Crippen molar-refractivity contribution in [1.29, 1.82) is 0 Å². The summed E-state index contributed by atoms with van der Waals surface area (Å²) in [5.74, 6) is 2.92. The van der Waals surface area contributed by atoms with E-state index >= 15 is 0 Å². The lowest BCUT2D eigenvalue weighted by molar-refractivity contribution is 0.470. The molecule has 0 aliphatic carbocycles. The Kier molecular flexibility index (Phi) is 4.83. The first-order valence-electron chi connectivity index (χ1n) is 8.31. The highest BCUT2D eigenvalue weighted by Gasteiger charge is 2.20. The van der Waals surface area contributed by atoms with Crippen molar-refractivity contribution in [2.24, 2.45) is 0 Å². The maximum absolute atomic E-state index is 6.13. The number of thioether (sulfide) groups is 1. The van der Waals surface area contributed by atoms with Gasteiger partial charge in [0.15, 0.2) is 0 Å². The molecule has 1 fully saturated rings. The molecule has 0 radical (unpaired) electrons. The molecule has 1 aliphatic heterocycles. The van der Waals surface area contributed by atoms with Gasteiger partial charge in [-0.15, -0.1) is 11.8 Å². The van der Waals surface area contributed by atoms with Gasteiger partial charge >= 0.3 is 6.01 Å². The van der Waals surface area contributed by atoms with Gasteiger partial charge in [-0.25, -0.2) is 4.98 Å². The van der Waals surface area contributed by atoms with E-state index in [4.69, 9.17) is 21.0 Å². The quantitative estimate of drug-likeness (QED) is 0.729. The summed E-state index contributed by atoms with van der Waals surface area (Å²) in [6.45, 7) is 3.01. The van der Waals surface area contributed by atoms with E-state index in [9.17, 15) is 0 Å². The molecule has 0 amide bonds. The average Bonchev–Trinajstić information content (AvgIpc) is 3.34. The lowest BCUT2D eigenvalue weighted by atomic mass is 10.1. The highest BCUT2D eigenvalue weighted by Crippen LogP contribution is 2.29. The number of rotatable bonds is 5. The molecule has 1 N–H and O–H groups in total. The van der Waals surface area contributed by atoms with Gasteiger partial charge in [0.2, 0.25) is 0 Å². The van der Waals surface area contributed by atoms with Crippen LogP contribution in [-0.2, 0) is 6.42 Å². The molecule has 4 rings (SSSR count). The zero-order valence-electron chi connectivity index (χ0n) is 13.9. The Balaban J connectivity index is 1.67. The second-order valence-electron chi connectivity index (χ2n) is 5.97. The van der Waals surface area contributed by atoms with E-state index in [1.54, 1.807) is 6.20 Å².